The lowest BCUT2D eigenvalue weighted by Crippen LogP contribution is -2.47. The minimum Gasteiger partial charge on any atom is -0.481 e. The topological polar surface area (TPSA) is 79.2 Å². The van der Waals surface area contributed by atoms with Crippen LogP contribution < -0.4 is 0 Å². The summed E-state index contributed by atoms with van der Waals surface area (Å²) in [5, 5.41) is 9.85. The molecule has 0 bridgehead atoms. The van der Waals surface area contributed by atoms with E-state index in [1.165, 1.54) is 12.8 Å². The zero-order valence-corrected chi connectivity index (χ0v) is 14.8. The Balaban J connectivity index is 1.44. The number of carboxylic acids is 1. The third-order valence-electron chi connectivity index (χ3n) is 5.49. The molecule has 3 heterocycles. The quantitative estimate of drug-likeness (QED) is 0.861. The zero-order chi connectivity index (χ0) is 18.0. The molecule has 2 aliphatic rings. The van der Waals surface area contributed by atoms with Crippen LogP contribution in [0.5, 0.6) is 0 Å². The van der Waals surface area contributed by atoms with Gasteiger partial charge in [-0.25, -0.2) is 9.97 Å². The SMILES string of the molecule is O=C(O)[C@]1(CC2CC2)CCCN(Cc2cnc(-c3ccccn3)nc2)C1. The van der Waals surface area contributed by atoms with Crippen LogP contribution in [0.4, 0.5) is 0 Å². The standard InChI is InChI=1S/C20H24N4O2/c25-19(26)20(10-15-5-6-15)7-3-9-24(14-20)13-16-11-22-18(23-12-16)17-4-1-2-8-21-17/h1-2,4,8,11-12,15H,3,5-7,9-10,13-14H2,(H,25,26)/t20-/m0/s1. The molecule has 2 aromatic rings. The van der Waals surface area contributed by atoms with E-state index in [9.17, 15) is 9.90 Å². The number of carbonyl (C=O) groups is 1. The molecule has 1 N–H and O–H groups in total. The second kappa shape index (κ2) is 7.11. The van der Waals surface area contributed by atoms with Crippen LogP contribution in [0, 0.1) is 11.3 Å². The van der Waals surface area contributed by atoms with E-state index in [4.69, 9.17) is 0 Å². The van der Waals surface area contributed by atoms with Crippen LogP contribution in [0.3, 0.4) is 0 Å². The molecule has 1 saturated carbocycles. The molecule has 2 aromatic heterocycles. The van der Waals surface area contributed by atoms with Gasteiger partial charge in [0.2, 0.25) is 0 Å². The van der Waals surface area contributed by atoms with Crippen LogP contribution in [0.25, 0.3) is 11.5 Å². The maximum atomic E-state index is 12.0. The molecular weight excluding hydrogens is 328 g/mol. The van der Waals surface area contributed by atoms with Crippen molar-refractivity contribution in [3.8, 4) is 11.5 Å². The van der Waals surface area contributed by atoms with Crippen molar-refractivity contribution in [2.45, 2.75) is 38.6 Å². The van der Waals surface area contributed by atoms with Crippen molar-refractivity contribution in [2.75, 3.05) is 13.1 Å². The molecule has 1 aliphatic carbocycles. The summed E-state index contributed by atoms with van der Waals surface area (Å²) in [6.45, 7) is 2.25. The Bertz CT molecular complexity index is 761. The van der Waals surface area contributed by atoms with Gasteiger partial charge in [0.25, 0.3) is 0 Å². The number of pyridine rings is 1. The number of hydrogen-bond donors (Lipinski definition) is 1. The van der Waals surface area contributed by atoms with Crippen LogP contribution in [-0.4, -0.2) is 44.0 Å². The largest absolute Gasteiger partial charge is 0.481 e. The lowest BCUT2D eigenvalue weighted by molar-refractivity contribution is -0.153. The van der Waals surface area contributed by atoms with E-state index in [1.54, 1.807) is 6.20 Å². The second-order valence-corrected chi connectivity index (χ2v) is 7.68. The van der Waals surface area contributed by atoms with Gasteiger partial charge in [0, 0.05) is 37.2 Å². The van der Waals surface area contributed by atoms with E-state index in [1.807, 2.05) is 30.6 Å². The first-order chi connectivity index (χ1) is 12.6. The Labute approximate surface area is 153 Å². The summed E-state index contributed by atoms with van der Waals surface area (Å²) in [5.74, 6) is 0.601. The van der Waals surface area contributed by atoms with Crippen LogP contribution in [0.2, 0.25) is 0 Å². The van der Waals surface area contributed by atoms with Crippen molar-refractivity contribution >= 4 is 5.97 Å². The van der Waals surface area contributed by atoms with Crippen molar-refractivity contribution in [1.29, 1.82) is 0 Å². The summed E-state index contributed by atoms with van der Waals surface area (Å²) in [5.41, 5.74) is 1.19. The van der Waals surface area contributed by atoms with E-state index in [0.717, 1.165) is 37.1 Å². The van der Waals surface area contributed by atoms with E-state index in [0.29, 0.717) is 24.8 Å². The van der Waals surface area contributed by atoms with Crippen LogP contribution in [-0.2, 0) is 11.3 Å². The van der Waals surface area contributed by atoms with Gasteiger partial charge in [0.1, 0.15) is 5.69 Å². The van der Waals surface area contributed by atoms with Crippen molar-refractivity contribution in [1.82, 2.24) is 19.9 Å². The van der Waals surface area contributed by atoms with E-state index in [-0.39, 0.29) is 0 Å². The van der Waals surface area contributed by atoms with Gasteiger partial charge in [0.15, 0.2) is 5.82 Å². The first-order valence-electron chi connectivity index (χ1n) is 9.33. The Morgan fingerprint density at radius 2 is 2.04 bits per heavy atom. The fourth-order valence-corrected chi connectivity index (χ4v) is 3.99. The van der Waals surface area contributed by atoms with Crippen LogP contribution >= 0.6 is 0 Å². The molecule has 1 atom stereocenters. The highest BCUT2D eigenvalue weighted by molar-refractivity contribution is 5.75. The average molecular weight is 352 g/mol. The molecule has 26 heavy (non-hydrogen) atoms. The van der Waals surface area contributed by atoms with E-state index in [2.05, 4.69) is 19.9 Å². The maximum absolute atomic E-state index is 12.0. The molecule has 1 saturated heterocycles. The molecule has 0 unspecified atom stereocenters. The highest BCUT2D eigenvalue weighted by atomic mass is 16.4. The number of carboxylic acid groups (broad SMARTS) is 1. The lowest BCUT2D eigenvalue weighted by Gasteiger charge is -2.40. The fraction of sp³-hybridized carbons (Fsp3) is 0.500. The van der Waals surface area contributed by atoms with Gasteiger partial charge >= 0.3 is 5.97 Å². The molecule has 4 rings (SSSR count). The first-order valence-corrected chi connectivity index (χ1v) is 9.33. The number of aromatic nitrogens is 3. The third kappa shape index (κ3) is 3.75. The van der Waals surface area contributed by atoms with Gasteiger partial charge in [-0.3, -0.25) is 14.7 Å². The maximum Gasteiger partial charge on any atom is 0.310 e. The third-order valence-corrected chi connectivity index (χ3v) is 5.49. The summed E-state index contributed by atoms with van der Waals surface area (Å²) in [6, 6.07) is 5.67. The minimum atomic E-state index is -0.629. The Hall–Kier alpha value is -2.34. The van der Waals surface area contributed by atoms with Gasteiger partial charge in [-0.05, 0) is 43.9 Å². The predicted octanol–water partition coefficient (Wildman–Crippen LogP) is 3.01. The van der Waals surface area contributed by atoms with Gasteiger partial charge < -0.3 is 5.11 Å². The minimum absolute atomic E-state index is 0.575. The molecule has 1 aliphatic heterocycles. The molecule has 0 aromatic carbocycles. The molecule has 6 nitrogen and oxygen atoms in total. The van der Waals surface area contributed by atoms with E-state index >= 15 is 0 Å². The molecule has 0 spiro atoms. The van der Waals surface area contributed by atoms with Gasteiger partial charge in [0.05, 0.1) is 5.41 Å². The molecule has 0 radical (unpaired) electrons. The fourth-order valence-electron chi connectivity index (χ4n) is 3.99. The predicted molar refractivity (Wildman–Crippen MR) is 97.2 cm³/mol. The lowest BCUT2D eigenvalue weighted by atomic mass is 9.75. The van der Waals surface area contributed by atoms with Gasteiger partial charge in [-0.2, -0.15) is 0 Å². The second-order valence-electron chi connectivity index (χ2n) is 7.68. The normalized spacial score (nSPS) is 23.7. The van der Waals surface area contributed by atoms with E-state index < -0.39 is 11.4 Å². The summed E-state index contributed by atoms with van der Waals surface area (Å²) in [6.07, 6.45) is 10.3. The Morgan fingerprint density at radius 1 is 1.23 bits per heavy atom. The van der Waals surface area contributed by atoms with Crippen molar-refractivity contribution in [2.24, 2.45) is 11.3 Å². The summed E-state index contributed by atoms with van der Waals surface area (Å²) >= 11 is 0. The first kappa shape index (κ1) is 17.1. The summed E-state index contributed by atoms with van der Waals surface area (Å²) < 4.78 is 0. The number of rotatable bonds is 6. The molecule has 0 amide bonds. The van der Waals surface area contributed by atoms with Crippen molar-refractivity contribution in [3.05, 3.63) is 42.4 Å². The Morgan fingerprint density at radius 3 is 2.69 bits per heavy atom. The average Bonchev–Trinajstić information content (AvgIpc) is 3.47. The highest BCUT2D eigenvalue weighted by Crippen LogP contribution is 2.45. The number of hydrogen-bond acceptors (Lipinski definition) is 5. The molecule has 2 fully saturated rings. The highest BCUT2D eigenvalue weighted by Gasteiger charge is 2.45. The Kier molecular flexibility index (Phi) is 4.68. The summed E-state index contributed by atoms with van der Waals surface area (Å²) in [4.78, 5) is 27.4. The van der Waals surface area contributed by atoms with Crippen molar-refractivity contribution in [3.63, 3.8) is 0 Å². The van der Waals surface area contributed by atoms with Gasteiger partial charge in [-0.1, -0.05) is 18.9 Å². The molecular formula is C20H24N4O2. The van der Waals surface area contributed by atoms with Crippen molar-refractivity contribution < 1.29 is 9.90 Å². The summed E-state index contributed by atoms with van der Waals surface area (Å²) in [7, 11) is 0. The monoisotopic (exact) mass is 352 g/mol. The number of piperidine rings is 1. The molecule has 136 valence electrons. The molecule has 6 heteroatoms. The number of aliphatic carboxylic acids is 1. The number of likely N-dealkylation sites (tertiary alicyclic amines) is 1. The zero-order valence-electron chi connectivity index (χ0n) is 14.8. The smallest absolute Gasteiger partial charge is 0.310 e. The van der Waals surface area contributed by atoms with Crippen LogP contribution in [0.1, 0.15) is 37.7 Å². The van der Waals surface area contributed by atoms with Crippen LogP contribution in [0.15, 0.2) is 36.8 Å². The number of nitrogens with zero attached hydrogens (tertiary/aromatic N) is 4. The van der Waals surface area contributed by atoms with Gasteiger partial charge in [-0.15, -0.1) is 0 Å².